The molecule has 0 saturated heterocycles. The van der Waals surface area contributed by atoms with Gasteiger partial charge in [-0.25, -0.2) is 4.79 Å². The molecule has 0 saturated carbocycles. The van der Waals surface area contributed by atoms with E-state index in [4.69, 9.17) is 14.2 Å². The Morgan fingerprint density at radius 1 is 1.17 bits per heavy atom. The number of fused-ring (bicyclic) bond motifs is 1. The van der Waals surface area contributed by atoms with E-state index in [9.17, 15) is 14.9 Å². The van der Waals surface area contributed by atoms with Gasteiger partial charge in [0.05, 0.1) is 12.2 Å². The Bertz CT molecular complexity index is 1160. The summed E-state index contributed by atoms with van der Waals surface area (Å²) in [6.45, 7) is 2.01. The quantitative estimate of drug-likeness (QED) is 0.613. The van der Waals surface area contributed by atoms with Gasteiger partial charge in [-0.3, -0.25) is 4.79 Å². The van der Waals surface area contributed by atoms with Crippen molar-refractivity contribution < 1.29 is 23.8 Å². The standard InChI is InChI=1S/C22H16N2O5S/c1-2-27-22(26)19-18(13-6-4-3-5-7-13)15(11-23)21(30-19)24-20(25)14-8-9-16-17(10-14)29-12-28-16/h3-10H,2,12H2,1H3,(H,24,25). The molecule has 150 valence electrons. The van der Waals surface area contributed by atoms with Crippen molar-refractivity contribution in [2.24, 2.45) is 0 Å². The minimum Gasteiger partial charge on any atom is -0.462 e. The molecule has 0 spiro atoms. The number of carbonyl (C=O) groups excluding carboxylic acids is 2. The number of nitriles is 1. The largest absolute Gasteiger partial charge is 0.462 e. The first-order valence-electron chi connectivity index (χ1n) is 9.12. The van der Waals surface area contributed by atoms with Crippen LogP contribution in [0.4, 0.5) is 5.00 Å². The molecule has 2 heterocycles. The van der Waals surface area contributed by atoms with Crippen molar-refractivity contribution in [1.29, 1.82) is 5.26 Å². The molecule has 1 amide bonds. The average Bonchev–Trinajstić information content (AvgIpc) is 3.38. The van der Waals surface area contributed by atoms with Crippen LogP contribution in [0.5, 0.6) is 11.5 Å². The first-order valence-corrected chi connectivity index (χ1v) is 9.94. The van der Waals surface area contributed by atoms with Crippen LogP contribution in [0.1, 0.15) is 32.5 Å². The zero-order valence-corrected chi connectivity index (χ0v) is 16.7. The van der Waals surface area contributed by atoms with Crippen molar-refractivity contribution in [3.63, 3.8) is 0 Å². The molecule has 0 aliphatic carbocycles. The van der Waals surface area contributed by atoms with Gasteiger partial charge in [0, 0.05) is 11.1 Å². The number of benzene rings is 2. The normalized spacial score (nSPS) is 11.6. The zero-order valence-electron chi connectivity index (χ0n) is 15.9. The van der Waals surface area contributed by atoms with E-state index in [1.807, 2.05) is 18.2 Å². The van der Waals surface area contributed by atoms with Crippen molar-refractivity contribution >= 4 is 28.2 Å². The van der Waals surface area contributed by atoms with Gasteiger partial charge in [-0.2, -0.15) is 5.26 Å². The molecule has 8 heteroatoms. The predicted octanol–water partition coefficient (Wildman–Crippen LogP) is 4.44. The van der Waals surface area contributed by atoms with Crippen molar-refractivity contribution in [1.82, 2.24) is 0 Å². The van der Waals surface area contributed by atoms with Crippen molar-refractivity contribution in [2.75, 3.05) is 18.7 Å². The Hall–Kier alpha value is -3.83. The van der Waals surface area contributed by atoms with Crippen molar-refractivity contribution in [2.45, 2.75) is 6.92 Å². The lowest BCUT2D eigenvalue weighted by molar-refractivity contribution is 0.0532. The molecule has 30 heavy (non-hydrogen) atoms. The first kappa shape index (κ1) is 19.5. The molecule has 1 aliphatic rings. The molecule has 3 aromatic rings. The predicted molar refractivity (Wildman–Crippen MR) is 111 cm³/mol. The molecule has 1 aliphatic heterocycles. The van der Waals surface area contributed by atoms with E-state index in [0.29, 0.717) is 28.2 Å². The lowest BCUT2D eigenvalue weighted by Crippen LogP contribution is -2.11. The molecule has 0 bridgehead atoms. The summed E-state index contributed by atoms with van der Waals surface area (Å²) in [6.07, 6.45) is 0. The summed E-state index contributed by atoms with van der Waals surface area (Å²) >= 11 is 1.02. The minimum absolute atomic E-state index is 0.104. The summed E-state index contributed by atoms with van der Waals surface area (Å²) in [5, 5.41) is 12.8. The van der Waals surface area contributed by atoms with Crippen LogP contribution in [0.25, 0.3) is 11.1 Å². The van der Waals surface area contributed by atoms with Gasteiger partial charge in [0.2, 0.25) is 6.79 Å². The number of hydrogen-bond donors (Lipinski definition) is 1. The SMILES string of the molecule is CCOC(=O)c1sc(NC(=O)c2ccc3c(c2)OCO3)c(C#N)c1-c1ccccc1. The molecule has 0 fully saturated rings. The van der Waals surface area contributed by atoms with E-state index in [1.54, 1.807) is 37.3 Å². The van der Waals surface area contributed by atoms with Crippen LogP contribution in [0.15, 0.2) is 48.5 Å². The van der Waals surface area contributed by atoms with Crippen molar-refractivity contribution in [3.05, 3.63) is 64.5 Å². The van der Waals surface area contributed by atoms with Gasteiger partial charge in [0.25, 0.3) is 5.91 Å². The number of amides is 1. The number of esters is 1. The van der Waals surface area contributed by atoms with Crippen LogP contribution in [-0.2, 0) is 4.74 Å². The molecule has 0 atom stereocenters. The molecule has 0 radical (unpaired) electrons. The Balaban J connectivity index is 1.74. The number of nitrogens with one attached hydrogen (secondary N) is 1. The highest BCUT2D eigenvalue weighted by atomic mass is 32.1. The maximum atomic E-state index is 12.8. The van der Waals surface area contributed by atoms with E-state index < -0.39 is 11.9 Å². The van der Waals surface area contributed by atoms with Crippen LogP contribution in [0.3, 0.4) is 0 Å². The van der Waals surface area contributed by atoms with E-state index in [2.05, 4.69) is 11.4 Å². The number of rotatable bonds is 5. The summed E-state index contributed by atoms with van der Waals surface area (Å²) in [7, 11) is 0. The van der Waals surface area contributed by atoms with Crippen LogP contribution < -0.4 is 14.8 Å². The molecular formula is C22H16N2O5S. The number of carbonyl (C=O) groups is 2. The molecular weight excluding hydrogens is 404 g/mol. The van der Waals surface area contributed by atoms with Gasteiger partial charge in [0.15, 0.2) is 11.5 Å². The fourth-order valence-corrected chi connectivity index (χ4v) is 4.12. The summed E-state index contributed by atoms with van der Waals surface area (Å²) in [6, 6.07) is 16.0. The Morgan fingerprint density at radius 3 is 2.67 bits per heavy atom. The molecule has 2 aromatic carbocycles. The molecule has 4 rings (SSSR count). The maximum absolute atomic E-state index is 12.8. The smallest absolute Gasteiger partial charge is 0.349 e. The number of nitrogens with zero attached hydrogens (tertiary/aromatic N) is 1. The van der Waals surface area contributed by atoms with Gasteiger partial charge < -0.3 is 19.5 Å². The van der Waals surface area contributed by atoms with E-state index in [-0.39, 0.29) is 28.8 Å². The second-order valence-corrected chi connectivity index (χ2v) is 7.25. The van der Waals surface area contributed by atoms with Crippen LogP contribution in [0.2, 0.25) is 0 Å². The van der Waals surface area contributed by atoms with E-state index >= 15 is 0 Å². The lowest BCUT2D eigenvalue weighted by Gasteiger charge is -2.05. The number of anilines is 1. The first-order chi connectivity index (χ1) is 14.6. The van der Waals surface area contributed by atoms with E-state index in [0.717, 1.165) is 11.3 Å². The molecule has 1 aromatic heterocycles. The third kappa shape index (κ3) is 3.58. The second-order valence-electron chi connectivity index (χ2n) is 6.23. The number of thiophene rings is 1. The summed E-state index contributed by atoms with van der Waals surface area (Å²) in [4.78, 5) is 25.6. The summed E-state index contributed by atoms with van der Waals surface area (Å²) in [5.74, 6) is 0.0744. The van der Waals surface area contributed by atoms with Gasteiger partial charge in [-0.15, -0.1) is 11.3 Å². The minimum atomic E-state index is -0.540. The molecule has 7 nitrogen and oxygen atoms in total. The summed E-state index contributed by atoms with van der Waals surface area (Å²) in [5.41, 5.74) is 1.69. The van der Waals surface area contributed by atoms with Crippen LogP contribution in [0, 0.1) is 11.3 Å². The highest BCUT2D eigenvalue weighted by molar-refractivity contribution is 7.19. The Labute approximate surface area is 176 Å². The Kier molecular flexibility index (Phi) is 5.37. The third-order valence-corrected chi connectivity index (χ3v) is 5.49. The second kappa shape index (κ2) is 8.27. The highest BCUT2D eigenvalue weighted by Gasteiger charge is 2.26. The van der Waals surface area contributed by atoms with Gasteiger partial charge in [-0.05, 0) is 30.7 Å². The molecule has 1 N–H and O–H groups in total. The lowest BCUT2D eigenvalue weighted by atomic mass is 10.0. The zero-order chi connectivity index (χ0) is 21.1. The van der Waals surface area contributed by atoms with Crippen LogP contribution in [-0.4, -0.2) is 25.3 Å². The van der Waals surface area contributed by atoms with Gasteiger partial charge in [0.1, 0.15) is 15.9 Å². The average molecular weight is 420 g/mol. The Morgan fingerprint density at radius 2 is 1.93 bits per heavy atom. The maximum Gasteiger partial charge on any atom is 0.349 e. The summed E-state index contributed by atoms with van der Waals surface area (Å²) < 4.78 is 15.7. The monoisotopic (exact) mass is 420 g/mol. The fourth-order valence-electron chi connectivity index (χ4n) is 3.06. The number of ether oxygens (including phenoxy) is 3. The molecule has 0 unspecified atom stereocenters. The van der Waals surface area contributed by atoms with Crippen molar-refractivity contribution in [3.8, 4) is 28.7 Å². The fraction of sp³-hybridized carbons (Fsp3) is 0.136. The van der Waals surface area contributed by atoms with E-state index in [1.165, 1.54) is 0 Å². The topological polar surface area (TPSA) is 97.7 Å². The third-order valence-electron chi connectivity index (χ3n) is 4.41. The highest BCUT2D eigenvalue weighted by Crippen LogP contribution is 2.41. The number of hydrogen-bond acceptors (Lipinski definition) is 7. The van der Waals surface area contributed by atoms with Crippen LogP contribution >= 0.6 is 11.3 Å². The van der Waals surface area contributed by atoms with Gasteiger partial charge >= 0.3 is 5.97 Å². The van der Waals surface area contributed by atoms with Gasteiger partial charge in [-0.1, -0.05) is 30.3 Å².